The van der Waals surface area contributed by atoms with E-state index in [1.54, 1.807) is 12.5 Å². The fourth-order valence-corrected chi connectivity index (χ4v) is 1.98. The first-order valence-corrected chi connectivity index (χ1v) is 6.65. The molecule has 0 spiro atoms. The third kappa shape index (κ3) is 3.87. The van der Waals surface area contributed by atoms with E-state index in [-0.39, 0.29) is 17.2 Å². The van der Waals surface area contributed by atoms with Gasteiger partial charge in [0.1, 0.15) is 5.82 Å². The van der Waals surface area contributed by atoms with Gasteiger partial charge in [-0.25, -0.2) is 9.37 Å². The number of rotatable bonds is 6. The van der Waals surface area contributed by atoms with E-state index in [1.165, 1.54) is 0 Å². The van der Waals surface area contributed by atoms with Gasteiger partial charge in [0.25, 0.3) is 11.6 Å². The Morgan fingerprint density at radius 2 is 2.32 bits per heavy atom. The lowest BCUT2D eigenvalue weighted by molar-refractivity contribution is -0.385. The maximum absolute atomic E-state index is 13.7. The van der Waals surface area contributed by atoms with Crippen LogP contribution in [0.1, 0.15) is 17.3 Å². The van der Waals surface area contributed by atoms with Gasteiger partial charge in [-0.05, 0) is 12.0 Å². The standard InChI is InChI=1S/C14H15FN4O3/c1-10(8-18-5-4-16-9-18)7-17-14(20)12-3-2-11(19(21)22)6-13(12)15/h2-6,9-10H,7-8H2,1H3,(H,17,20)/t10-/m0/s1. The number of nitro groups is 1. The van der Waals surface area contributed by atoms with Crippen molar-refractivity contribution in [2.75, 3.05) is 6.54 Å². The molecule has 0 bridgehead atoms. The second-order valence-corrected chi connectivity index (χ2v) is 5.00. The number of nitrogens with one attached hydrogen (secondary N) is 1. The van der Waals surface area contributed by atoms with Gasteiger partial charge in [0.15, 0.2) is 0 Å². The van der Waals surface area contributed by atoms with E-state index < -0.39 is 16.6 Å². The largest absolute Gasteiger partial charge is 0.352 e. The van der Waals surface area contributed by atoms with Crippen molar-refractivity contribution < 1.29 is 14.1 Å². The summed E-state index contributed by atoms with van der Waals surface area (Å²) < 4.78 is 15.6. The van der Waals surface area contributed by atoms with Gasteiger partial charge in [0.05, 0.1) is 22.9 Å². The number of hydrogen-bond donors (Lipinski definition) is 1. The summed E-state index contributed by atoms with van der Waals surface area (Å²) >= 11 is 0. The number of imidazole rings is 1. The number of halogens is 1. The molecule has 116 valence electrons. The molecule has 1 aromatic heterocycles. The molecule has 1 atom stereocenters. The molecule has 2 aromatic rings. The van der Waals surface area contributed by atoms with E-state index in [1.807, 2.05) is 17.7 Å². The maximum atomic E-state index is 13.7. The maximum Gasteiger partial charge on any atom is 0.272 e. The van der Waals surface area contributed by atoms with Gasteiger partial charge in [-0.3, -0.25) is 14.9 Å². The zero-order chi connectivity index (χ0) is 16.1. The number of nitro benzene ring substituents is 1. The molecule has 0 fully saturated rings. The minimum absolute atomic E-state index is 0.124. The SMILES string of the molecule is C[C@@H](CNC(=O)c1ccc([N+](=O)[O-])cc1F)Cn1ccnc1. The number of nitrogens with zero attached hydrogens (tertiary/aromatic N) is 3. The monoisotopic (exact) mass is 306 g/mol. The highest BCUT2D eigenvalue weighted by atomic mass is 19.1. The highest BCUT2D eigenvalue weighted by Gasteiger charge is 2.16. The Bertz CT molecular complexity index is 673. The van der Waals surface area contributed by atoms with Crippen molar-refractivity contribution >= 4 is 11.6 Å². The van der Waals surface area contributed by atoms with Crippen molar-refractivity contribution in [1.29, 1.82) is 0 Å². The van der Waals surface area contributed by atoms with Crippen LogP contribution in [0.3, 0.4) is 0 Å². The normalized spacial score (nSPS) is 11.9. The lowest BCUT2D eigenvalue weighted by atomic mass is 10.1. The van der Waals surface area contributed by atoms with Crippen molar-refractivity contribution in [2.45, 2.75) is 13.5 Å². The second-order valence-electron chi connectivity index (χ2n) is 5.00. The van der Waals surface area contributed by atoms with E-state index in [2.05, 4.69) is 10.3 Å². The quantitative estimate of drug-likeness (QED) is 0.653. The second kappa shape index (κ2) is 6.79. The van der Waals surface area contributed by atoms with Crippen molar-refractivity contribution in [2.24, 2.45) is 5.92 Å². The smallest absolute Gasteiger partial charge is 0.272 e. The first-order valence-electron chi connectivity index (χ1n) is 6.65. The minimum Gasteiger partial charge on any atom is -0.352 e. The Morgan fingerprint density at radius 1 is 1.55 bits per heavy atom. The molecule has 2 rings (SSSR count). The Kier molecular flexibility index (Phi) is 4.82. The molecule has 0 saturated heterocycles. The highest BCUT2D eigenvalue weighted by molar-refractivity contribution is 5.94. The molecular weight excluding hydrogens is 291 g/mol. The van der Waals surface area contributed by atoms with Crippen LogP contribution in [0.4, 0.5) is 10.1 Å². The topological polar surface area (TPSA) is 90.1 Å². The Morgan fingerprint density at radius 3 is 2.91 bits per heavy atom. The van der Waals surface area contributed by atoms with Crippen molar-refractivity contribution in [3.63, 3.8) is 0 Å². The molecule has 0 aliphatic carbocycles. The fourth-order valence-electron chi connectivity index (χ4n) is 1.98. The molecule has 0 radical (unpaired) electrons. The fraction of sp³-hybridized carbons (Fsp3) is 0.286. The van der Waals surface area contributed by atoms with E-state index in [9.17, 15) is 19.3 Å². The van der Waals surface area contributed by atoms with Gasteiger partial charge in [0, 0.05) is 31.5 Å². The van der Waals surface area contributed by atoms with Gasteiger partial charge >= 0.3 is 0 Å². The summed E-state index contributed by atoms with van der Waals surface area (Å²) in [6.07, 6.45) is 5.15. The number of benzene rings is 1. The van der Waals surface area contributed by atoms with Crippen LogP contribution in [0.2, 0.25) is 0 Å². The average Bonchev–Trinajstić information content (AvgIpc) is 2.97. The molecule has 0 aliphatic heterocycles. The molecular formula is C14H15FN4O3. The molecule has 0 unspecified atom stereocenters. The third-order valence-electron chi connectivity index (χ3n) is 3.10. The minimum atomic E-state index is -0.908. The van der Waals surface area contributed by atoms with E-state index in [0.717, 1.165) is 18.2 Å². The van der Waals surface area contributed by atoms with Gasteiger partial charge < -0.3 is 9.88 Å². The number of amides is 1. The van der Waals surface area contributed by atoms with E-state index in [0.29, 0.717) is 13.1 Å². The summed E-state index contributed by atoms with van der Waals surface area (Å²) in [5.41, 5.74) is -0.594. The van der Waals surface area contributed by atoms with Gasteiger partial charge in [-0.15, -0.1) is 0 Å². The van der Waals surface area contributed by atoms with Crippen LogP contribution >= 0.6 is 0 Å². The summed E-state index contributed by atoms with van der Waals surface area (Å²) in [4.78, 5) is 25.7. The van der Waals surface area contributed by atoms with Gasteiger partial charge in [-0.1, -0.05) is 6.92 Å². The third-order valence-corrected chi connectivity index (χ3v) is 3.10. The van der Waals surface area contributed by atoms with Gasteiger partial charge in [0.2, 0.25) is 0 Å². The Hall–Kier alpha value is -2.77. The number of hydrogen-bond acceptors (Lipinski definition) is 4. The molecule has 1 aromatic carbocycles. The zero-order valence-corrected chi connectivity index (χ0v) is 11.9. The summed E-state index contributed by atoms with van der Waals surface area (Å²) in [7, 11) is 0. The molecule has 1 N–H and O–H groups in total. The number of carbonyl (C=O) groups is 1. The zero-order valence-electron chi connectivity index (χ0n) is 11.9. The van der Waals surface area contributed by atoms with E-state index in [4.69, 9.17) is 0 Å². The summed E-state index contributed by atoms with van der Waals surface area (Å²) in [5, 5.41) is 13.1. The van der Waals surface area contributed by atoms with Crippen LogP contribution in [0.5, 0.6) is 0 Å². The van der Waals surface area contributed by atoms with Crippen LogP contribution in [-0.4, -0.2) is 26.9 Å². The Labute approximate surface area is 125 Å². The van der Waals surface area contributed by atoms with E-state index >= 15 is 0 Å². The van der Waals surface area contributed by atoms with Crippen LogP contribution in [0.25, 0.3) is 0 Å². The number of non-ortho nitro benzene ring substituents is 1. The Balaban J connectivity index is 1.93. The number of aromatic nitrogens is 2. The highest BCUT2D eigenvalue weighted by Crippen LogP contribution is 2.16. The first kappa shape index (κ1) is 15.6. The van der Waals surface area contributed by atoms with Crippen LogP contribution in [0, 0.1) is 21.8 Å². The first-order chi connectivity index (χ1) is 10.5. The predicted octanol–water partition coefficient (Wildman–Crippen LogP) is 2.00. The molecule has 0 aliphatic rings. The molecule has 1 heterocycles. The average molecular weight is 306 g/mol. The van der Waals surface area contributed by atoms with Crippen LogP contribution in [0.15, 0.2) is 36.9 Å². The van der Waals surface area contributed by atoms with Crippen molar-refractivity contribution in [3.8, 4) is 0 Å². The van der Waals surface area contributed by atoms with Crippen molar-refractivity contribution in [3.05, 3.63) is 58.4 Å². The molecule has 7 nitrogen and oxygen atoms in total. The molecule has 0 saturated carbocycles. The summed E-state index contributed by atoms with van der Waals surface area (Å²) in [6.45, 7) is 2.96. The van der Waals surface area contributed by atoms with Crippen molar-refractivity contribution in [1.82, 2.24) is 14.9 Å². The summed E-state index contributed by atoms with van der Waals surface area (Å²) in [6, 6.07) is 2.96. The lowest BCUT2D eigenvalue weighted by Crippen LogP contribution is -2.30. The predicted molar refractivity (Wildman–Crippen MR) is 76.8 cm³/mol. The van der Waals surface area contributed by atoms with Crippen LogP contribution < -0.4 is 5.32 Å². The molecule has 8 heteroatoms. The summed E-state index contributed by atoms with van der Waals surface area (Å²) in [5.74, 6) is -1.38. The molecule has 1 amide bonds. The van der Waals surface area contributed by atoms with Crippen LogP contribution in [-0.2, 0) is 6.54 Å². The number of carbonyl (C=O) groups excluding carboxylic acids is 1. The lowest BCUT2D eigenvalue weighted by Gasteiger charge is -2.13. The van der Waals surface area contributed by atoms with Gasteiger partial charge in [-0.2, -0.15) is 0 Å². The molecule has 22 heavy (non-hydrogen) atoms.